The molecule has 0 aliphatic carbocycles. The zero-order valence-corrected chi connectivity index (χ0v) is 15.5. The Morgan fingerprint density at radius 2 is 1.81 bits per heavy atom. The number of benzene rings is 2. The molecular weight excluding hydrogens is 358 g/mol. The lowest BCUT2D eigenvalue weighted by molar-refractivity contribution is 0.0979. The van der Waals surface area contributed by atoms with E-state index in [-0.39, 0.29) is 5.91 Å². The van der Waals surface area contributed by atoms with Crippen molar-refractivity contribution in [2.45, 2.75) is 6.54 Å². The van der Waals surface area contributed by atoms with Gasteiger partial charge in [-0.15, -0.1) is 5.10 Å². The molecule has 0 atom stereocenters. The Morgan fingerprint density at radius 3 is 2.44 bits per heavy atom. The molecule has 134 valence electrons. The summed E-state index contributed by atoms with van der Waals surface area (Å²) in [5.41, 5.74) is 3.35. The molecule has 4 aromatic rings. The molecule has 1 amide bonds. The monoisotopic (exact) mass is 375 g/mol. The highest BCUT2D eigenvalue weighted by molar-refractivity contribution is 7.03. The molecule has 27 heavy (non-hydrogen) atoms. The highest BCUT2D eigenvalue weighted by Crippen LogP contribution is 2.25. The lowest BCUT2D eigenvalue weighted by Gasteiger charge is -2.22. The number of amides is 1. The van der Waals surface area contributed by atoms with Crippen LogP contribution in [0.1, 0.15) is 16.3 Å². The molecule has 0 aliphatic heterocycles. The smallest absolute Gasteiger partial charge is 0.280 e. The standard InChI is InChI=1S/C20H17N5OS/c1-24-12-11-21-19(24)13-25(20(26)18-14-27-23-22-18)17-9-7-16(8-10-17)15-5-3-2-4-6-15/h2-12,14H,13H2,1H3. The van der Waals surface area contributed by atoms with E-state index in [1.807, 2.05) is 60.3 Å². The van der Waals surface area contributed by atoms with Crippen molar-refractivity contribution in [3.63, 3.8) is 0 Å². The average molecular weight is 375 g/mol. The number of nitrogens with zero attached hydrogens (tertiary/aromatic N) is 5. The molecule has 6 nitrogen and oxygen atoms in total. The summed E-state index contributed by atoms with van der Waals surface area (Å²) < 4.78 is 5.71. The highest BCUT2D eigenvalue weighted by atomic mass is 32.1. The number of hydrogen-bond acceptors (Lipinski definition) is 5. The van der Waals surface area contributed by atoms with Crippen LogP contribution >= 0.6 is 11.5 Å². The quantitative estimate of drug-likeness (QED) is 0.532. The van der Waals surface area contributed by atoms with Crippen LogP contribution in [0, 0.1) is 0 Å². The summed E-state index contributed by atoms with van der Waals surface area (Å²) >= 11 is 1.16. The van der Waals surface area contributed by atoms with Gasteiger partial charge in [-0.25, -0.2) is 4.98 Å². The third-order valence-electron chi connectivity index (χ3n) is 4.33. The molecule has 0 fully saturated rings. The van der Waals surface area contributed by atoms with Crippen LogP contribution in [0.25, 0.3) is 11.1 Å². The highest BCUT2D eigenvalue weighted by Gasteiger charge is 2.22. The van der Waals surface area contributed by atoms with Crippen LogP contribution in [0.4, 0.5) is 5.69 Å². The van der Waals surface area contributed by atoms with Crippen LogP contribution in [0.5, 0.6) is 0 Å². The Hall–Kier alpha value is -3.32. The predicted octanol–water partition coefficient (Wildman–Crippen LogP) is 3.79. The Labute approximate surface area is 160 Å². The van der Waals surface area contributed by atoms with Crippen LogP contribution in [0.15, 0.2) is 72.4 Å². The van der Waals surface area contributed by atoms with E-state index >= 15 is 0 Å². The molecule has 0 saturated heterocycles. The molecule has 0 bridgehead atoms. The van der Waals surface area contributed by atoms with Crippen LogP contribution in [-0.4, -0.2) is 25.0 Å². The number of rotatable bonds is 5. The van der Waals surface area contributed by atoms with Gasteiger partial charge in [0.1, 0.15) is 5.82 Å². The van der Waals surface area contributed by atoms with Crippen LogP contribution in [-0.2, 0) is 13.6 Å². The second-order valence-corrected chi connectivity index (χ2v) is 6.66. The molecule has 0 radical (unpaired) electrons. The summed E-state index contributed by atoms with van der Waals surface area (Å²) in [5.74, 6) is 0.595. The zero-order valence-electron chi connectivity index (χ0n) is 14.7. The van der Waals surface area contributed by atoms with Crippen molar-refractivity contribution in [3.8, 4) is 11.1 Å². The normalized spacial score (nSPS) is 10.7. The summed E-state index contributed by atoms with van der Waals surface area (Å²) in [7, 11) is 1.91. The third kappa shape index (κ3) is 3.63. The van der Waals surface area contributed by atoms with Crippen molar-refractivity contribution in [2.24, 2.45) is 7.05 Å². The van der Waals surface area contributed by atoms with Crippen molar-refractivity contribution in [1.82, 2.24) is 19.1 Å². The number of carbonyl (C=O) groups is 1. The third-order valence-corrected chi connectivity index (χ3v) is 4.84. The number of aryl methyl sites for hydroxylation is 1. The molecule has 2 aromatic carbocycles. The SMILES string of the molecule is Cn1ccnc1CN(C(=O)c1csnn1)c1ccc(-c2ccccc2)cc1. The molecule has 0 aliphatic rings. The summed E-state index contributed by atoms with van der Waals surface area (Å²) in [4.78, 5) is 19.0. The molecule has 0 spiro atoms. The second kappa shape index (κ2) is 7.51. The van der Waals surface area contributed by atoms with Crippen LogP contribution in [0.3, 0.4) is 0 Å². The van der Waals surface area contributed by atoms with Gasteiger partial charge in [-0.3, -0.25) is 9.69 Å². The van der Waals surface area contributed by atoms with Crippen LogP contribution in [0.2, 0.25) is 0 Å². The van der Waals surface area contributed by atoms with Gasteiger partial charge in [0.2, 0.25) is 0 Å². The molecular formula is C20H17N5OS. The van der Waals surface area contributed by atoms with Crippen molar-refractivity contribution in [3.05, 3.63) is 83.9 Å². The van der Waals surface area contributed by atoms with E-state index in [0.29, 0.717) is 12.2 Å². The van der Waals surface area contributed by atoms with Gasteiger partial charge in [-0.05, 0) is 34.8 Å². The molecule has 7 heteroatoms. The first-order valence-corrected chi connectivity index (χ1v) is 9.26. The van der Waals surface area contributed by atoms with Crippen molar-refractivity contribution in [1.29, 1.82) is 0 Å². The zero-order chi connectivity index (χ0) is 18.6. The fourth-order valence-corrected chi connectivity index (χ4v) is 3.26. The van der Waals surface area contributed by atoms with Gasteiger partial charge in [0, 0.05) is 30.5 Å². The maximum absolute atomic E-state index is 13.0. The Balaban J connectivity index is 1.67. The first-order valence-electron chi connectivity index (χ1n) is 8.43. The summed E-state index contributed by atoms with van der Waals surface area (Å²) in [6, 6.07) is 18.1. The number of aromatic nitrogens is 4. The first-order chi connectivity index (χ1) is 13.2. The van der Waals surface area contributed by atoms with Gasteiger partial charge < -0.3 is 4.57 Å². The summed E-state index contributed by atoms with van der Waals surface area (Å²) in [6.07, 6.45) is 3.59. The van der Waals surface area contributed by atoms with E-state index in [9.17, 15) is 4.79 Å². The summed E-state index contributed by atoms with van der Waals surface area (Å²) in [6.45, 7) is 0.352. The number of carbonyl (C=O) groups excluding carboxylic acids is 1. The maximum Gasteiger partial charge on any atom is 0.280 e. The Kier molecular flexibility index (Phi) is 4.76. The van der Waals surface area contributed by atoms with E-state index in [4.69, 9.17) is 0 Å². The molecule has 2 aromatic heterocycles. The number of anilines is 1. The van der Waals surface area contributed by atoms with E-state index in [2.05, 4.69) is 26.7 Å². The minimum atomic E-state index is -0.195. The van der Waals surface area contributed by atoms with Gasteiger partial charge in [0.05, 0.1) is 6.54 Å². The van der Waals surface area contributed by atoms with Gasteiger partial charge in [0.15, 0.2) is 5.69 Å². The van der Waals surface area contributed by atoms with Gasteiger partial charge >= 0.3 is 0 Å². The van der Waals surface area contributed by atoms with Crippen molar-refractivity contribution < 1.29 is 4.79 Å². The molecule has 0 unspecified atom stereocenters. The minimum absolute atomic E-state index is 0.195. The van der Waals surface area contributed by atoms with Crippen molar-refractivity contribution >= 4 is 23.1 Å². The van der Waals surface area contributed by atoms with Gasteiger partial charge in [0.25, 0.3) is 5.91 Å². The fourth-order valence-electron chi connectivity index (χ4n) is 2.83. The molecule has 2 heterocycles. The van der Waals surface area contributed by atoms with Crippen molar-refractivity contribution in [2.75, 3.05) is 4.90 Å². The lowest BCUT2D eigenvalue weighted by Crippen LogP contribution is -2.31. The van der Waals surface area contributed by atoms with E-state index in [1.54, 1.807) is 16.5 Å². The largest absolute Gasteiger partial charge is 0.337 e. The van der Waals surface area contributed by atoms with E-state index in [1.165, 1.54) is 0 Å². The molecule has 4 rings (SSSR count). The lowest BCUT2D eigenvalue weighted by atomic mass is 10.1. The van der Waals surface area contributed by atoms with Crippen LogP contribution < -0.4 is 4.90 Å². The predicted molar refractivity (Wildman–Crippen MR) is 106 cm³/mol. The number of imidazole rings is 1. The molecule has 0 saturated carbocycles. The van der Waals surface area contributed by atoms with E-state index in [0.717, 1.165) is 34.2 Å². The number of hydrogen-bond donors (Lipinski definition) is 0. The minimum Gasteiger partial charge on any atom is -0.337 e. The average Bonchev–Trinajstić information content (AvgIpc) is 3.39. The fraction of sp³-hybridized carbons (Fsp3) is 0.100. The summed E-state index contributed by atoms with van der Waals surface area (Å²) in [5, 5.41) is 5.59. The first kappa shape index (κ1) is 17.1. The van der Waals surface area contributed by atoms with E-state index < -0.39 is 0 Å². The Morgan fingerprint density at radius 1 is 1.07 bits per heavy atom. The second-order valence-electron chi connectivity index (χ2n) is 6.05. The van der Waals surface area contributed by atoms with Gasteiger partial charge in [-0.2, -0.15) is 0 Å². The topological polar surface area (TPSA) is 63.9 Å². The Bertz CT molecular complexity index is 1030. The van der Waals surface area contributed by atoms with Gasteiger partial charge in [-0.1, -0.05) is 47.0 Å². The molecule has 0 N–H and O–H groups in total. The maximum atomic E-state index is 13.0.